The molecule has 1 aromatic carbocycles. The van der Waals surface area contributed by atoms with Crippen molar-refractivity contribution in [3.8, 4) is 26.2 Å². The van der Waals surface area contributed by atoms with Crippen LogP contribution in [-0.4, -0.2) is 19.5 Å². The molecule has 0 saturated heterocycles. The first-order valence-corrected chi connectivity index (χ1v) is 7.96. The molecule has 4 heteroatoms. The van der Waals surface area contributed by atoms with E-state index in [2.05, 4.69) is 28.0 Å². The van der Waals surface area contributed by atoms with Gasteiger partial charge in [0.2, 0.25) is 0 Å². The molecule has 0 aliphatic heterocycles. The van der Waals surface area contributed by atoms with E-state index in [4.69, 9.17) is 11.8 Å². The van der Waals surface area contributed by atoms with E-state index in [9.17, 15) is 0 Å². The molecule has 0 fully saturated rings. The Kier molecular flexibility index (Phi) is 3.67. The third-order valence-electron chi connectivity index (χ3n) is 3.03. The maximum absolute atomic E-state index is 8.83. The van der Waals surface area contributed by atoms with Gasteiger partial charge in [0.05, 0.1) is 0 Å². The quantitative estimate of drug-likeness (QED) is 0.527. The first-order valence-electron chi connectivity index (χ1n) is 6.24. The zero-order chi connectivity index (χ0) is 14.7. The molecule has 2 aromatic heterocycles. The van der Waals surface area contributed by atoms with Crippen LogP contribution in [0.3, 0.4) is 0 Å². The summed E-state index contributed by atoms with van der Waals surface area (Å²) in [5.41, 5.74) is 3.32. The number of hydrogen-bond donors (Lipinski definition) is 0. The van der Waals surface area contributed by atoms with Crippen LogP contribution in [0.2, 0.25) is 0 Å². The minimum atomic E-state index is 0.195. The first-order chi connectivity index (χ1) is 10.3. The molecule has 0 spiro atoms. The van der Waals surface area contributed by atoms with Crippen LogP contribution in [0, 0.1) is 17.9 Å². The normalized spacial score (nSPS) is 9.81. The van der Waals surface area contributed by atoms with Crippen LogP contribution in [0.15, 0.2) is 54.7 Å². The number of nitrogens with zero attached hydrogens (tertiary/aromatic N) is 3. The molecular formula is C17H9N3Se. The third kappa shape index (κ3) is 2.78. The number of hydrogen-bond acceptors (Lipinski definition) is 2. The van der Waals surface area contributed by atoms with Gasteiger partial charge in [0.1, 0.15) is 0 Å². The van der Waals surface area contributed by atoms with E-state index in [-0.39, 0.29) is 14.5 Å². The fourth-order valence-electron chi connectivity index (χ4n) is 1.94. The van der Waals surface area contributed by atoms with E-state index in [0.29, 0.717) is 11.3 Å². The number of nitriles is 1. The van der Waals surface area contributed by atoms with Gasteiger partial charge in [-0.25, -0.2) is 0 Å². The second kappa shape index (κ2) is 5.77. The molecule has 0 amide bonds. The summed E-state index contributed by atoms with van der Waals surface area (Å²) in [7, 11) is 0. The molecule has 0 bridgehead atoms. The first kappa shape index (κ1) is 13.3. The van der Waals surface area contributed by atoms with Crippen molar-refractivity contribution in [1.82, 2.24) is 4.98 Å². The summed E-state index contributed by atoms with van der Waals surface area (Å²) in [6.45, 7) is 6.94. The van der Waals surface area contributed by atoms with E-state index < -0.39 is 0 Å². The molecule has 21 heavy (non-hydrogen) atoms. The van der Waals surface area contributed by atoms with Crippen LogP contribution in [0.5, 0.6) is 0 Å². The van der Waals surface area contributed by atoms with Gasteiger partial charge in [0.25, 0.3) is 0 Å². The van der Waals surface area contributed by atoms with Gasteiger partial charge in [-0.15, -0.1) is 0 Å². The SMILES string of the molecule is [C-]#[N+]c1ccc(-c2ccc(-c3ccc(C#N)cc3)[se]2)nc1. The maximum atomic E-state index is 8.83. The number of rotatable bonds is 2. The summed E-state index contributed by atoms with van der Waals surface area (Å²) in [6, 6.07) is 17.7. The summed E-state index contributed by atoms with van der Waals surface area (Å²) in [4.78, 5) is 7.70. The van der Waals surface area contributed by atoms with Gasteiger partial charge in [-0.1, -0.05) is 0 Å². The zero-order valence-corrected chi connectivity index (χ0v) is 12.7. The number of aromatic nitrogens is 1. The van der Waals surface area contributed by atoms with Crippen molar-refractivity contribution in [3.63, 3.8) is 0 Å². The van der Waals surface area contributed by atoms with E-state index >= 15 is 0 Å². The molecule has 98 valence electrons. The van der Waals surface area contributed by atoms with Gasteiger partial charge in [-0.05, 0) is 0 Å². The fourth-order valence-corrected chi connectivity index (χ4v) is 4.01. The topological polar surface area (TPSA) is 41.0 Å². The van der Waals surface area contributed by atoms with Crippen molar-refractivity contribution in [2.24, 2.45) is 0 Å². The van der Waals surface area contributed by atoms with Gasteiger partial charge in [-0.2, -0.15) is 0 Å². The van der Waals surface area contributed by atoms with Crippen LogP contribution in [-0.2, 0) is 0 Å². The average molecular weight is 334 g/mol. The molecule has 3 aromatic rings. The Morgan fingerprint density at radius 2 is 1.76 bits per heavy atom. The Morgan fingerprint density at radius 1 is 1.00 bits per heavy atom. The Hall–Kier alpha value is -2.65. The van der Waals surface area contributed by atoms with Gasteiger partial charge in [0, 0.05) is 0 Å². The molecule has 0 N–H and O–H groups in total. The molecule has 0 saturated carbocycles. The molecule has 0 unspecified atom stereocenters. The second-order valence-corrected chi connectivity index (χ2v) is 6.64. The Bertz CT molecular complexity index is 775. The summed E-state index contributed by atoms with van der Waals surface area (Å²) < 4.78 is 2.48. The Morgan fingerprint density at radius 3 is 2.38 bits per heavy atom. The predicted molar refractivity (Wildman–Crippen MR) is 83.0 cm³/mol. The van der Waals surface area contributed by atoms with Gasteiger partial charge < -0.3 is 0 Å². The average Bonchev–Trinajstić information content (AvgIpc) is 3.05. The standard InChI is InChI=1S/C17H9N3Se/c1-19-14-6-7-15(20-11-14)17-9-8-16(21-17)13-4-2-12(10-18)3-5-13/h2-9,11H. The summed E-state index contributed by atoms with van der Waals surface area (Å²) in [5.74, 6) is 0. The van der Waals surface area contributed by atoms with E-state index in [1.54, 1.807) is 12.3 Å². The van der Waals surface area contributed by atoms with Crippen LogP contribution >= 0.6 is 0 Å². The van der Waals surface area contributed by atoms with Gasteiger partial charge in [-0.3, -0.25) is 0 Å². The van der Waals surface area contributed by atoms with Crippen molar-refractivity contribution in [2.45, 2.75) is 0 Å². The van der Waals surface area contributed by atoms with Crippen molar-refractivity contribution < 1.29 is 0 Å². The van der Waals surface area contributed by atoms with Crippen molar-refractivity contribution in [1.29, 1.82) is 5.26 Å². The van der Waals surface area contributed by atoms with Crippen LogP contribution in [0.1, 0.15) is 5.56 Å². The molecular weight excluding hydrogens is 325 g/mol. The monoisotopic (exact) mass is 335 g/mol. The van der Waals surface area contributed by atoms with Crippen molar-refractivity contribution in [2.75, 3.05) is 0 Å². The second-order valence-electron chi connectivity index (χ2n) is 4.37. The fraction of sp³-hybridized carbons (Fsp3) is 0. The summed E-state index contributed by atoms with van der Waals surface area (Å²) in [6.07, 6.45) is 1.61. The van der Waals surface area contributed by atoms with Gasteiger partial charge in [0.15, 0.2) is 0 Å². The predicted octanol–water partition coefficient (Wildman–Crippen LogP) is 3.90. The van der Waals surface area contributed by atoms with Crippen molar-refractivity contribution in [3.05, 3.63) is 71.7 Å². The Labute approximate surface area is 128 Å². The Balaban J connectivity index is 1.92. The molecule has 0 atom stereocenters. The molecule has 2 heterocycles. The molecule has 3 nitrogen and oxygen atoms in total. The molecule has 0 radical (unpaired) electrons. The molecule has 3 rings (SSSR count). The zero-order valence-electron chi connectivity index (χ0n) is 10.9. The summed E-state index contributed by atoms with van der Waals surface area (Å²) >= 11 is 0.195. The minimum absolute atomic E-state index is 0.195. The van der Waals surface area contributed by atoms with Crippen LogP contribution in [0.25, 0.3) is 25.0 Å². The van der Waals surface area contributed by atoms with E-state index in [1.165, 1.54) is 8.87 Å². The number of pyridine rings is 1. The van der Waals surface area contributed by atoms with Crippen LogP contribution in [0.4, 0.5) is 5.69 Å². The van der Waals surface area contributed by atoms with Crippen molar-refractivity contribution >= 4 is 20.2 Å². The van der Waals surface area contributed by atoms with E-state index in [0.717, 1.165) is 11.3 Å². The van der Waals surface area contributed by atoms with E-state index in [1.807, 2.05) is 30.3 Å². The van der Waals surface area contributed by atoms with Gasteiger partial charge >= 0.3 is 128 Å². The summed E-state index contributed by atoms with van der Waals surface area (Å²) in [5, 5.41) is 8.83. The molecule has 0 aliphatic rings. The number of benzene rings is 1. The van der Waals surface area contributed by atoms with Crippen LogP contribution < -0.4 is 0 Å². The molecule has 0 aliphatic carbocycles. The third-order valence-corrected chi connectivity index (χ3v) is 5.46.